The normalized spacial score (nSPS) is 11.6. The van der Waals surface area contributed by atoms with Gasteiger partial charge in [0, 0.05) is 17.6 Å². The van der Waals surface area contributed by atoms with Gasteiger partial charge in [-0.2, -0.15) is 0 Å². The van der Waals surface area contributed by atoms with Crippen LogP contribution in [-0.2, 0) is 9.59 Å². The van der Waals surface area contributed by atoms with Crippen molar-refractivity contribution in [2.24, 2.45) is 0 Å². The van der Waals surface area contributed by atoms with Crippen LogP contribution >= 0.6 is 11.6 Å². The number of para-hydroxylation sites is 2. The molecule has 0 heterocycles. The van der Waals surface area contributed by atoms with E-state index in [2.05, 4.69) is 10.6 Å². The third-order valence-corrected chi connectivity index (χ3v) is 4.74. The first-order valence-electron chi connectivity index (χ1n) is 9.64. The quantitative estimate of drug-likeness (QED) is 0.615. The standard InChI is InChI=1S/C22H28ClN3O3/c1-4-13-26(15-21(27)25-19-7-5-6-8-20(19)29-3)22(28)14-24-16(2)17-9-11-18(23)12-10-17/h5-12,16,24H,4,13-15H2,1-3H3,(H,25,27)/t16-/m0/s1. The summed E-state index contributed by atoms with van der Waals surface area (Å²) in [4.78, 5) is 26.7. The van der Waals surface area contributed by atoms with E-state index in [4.69, 9.17) is 16.3 Å². The van der Waals surface area contributed by atoms with Crippen LogP contribution in [-0.4, -0.2) is 43.5 Å². The zero-order valence-electron chi connectivity index (χ0n) is 17.1. The Morgan fingerprint density at radius 3 is 2.48 bits per heavy atom. The summed E-state index contributed by atoms with van der Waals surface area (Å²) in [5, 5.41) is 6.70. The fourth-order valence-electron chi connectivity index (χ4n) is 2.89. The van der Waals surface area contributed by atoms with Crippen molar-refractivity contribution >= 4 is 29.1 Å². The molecule has 1 atom stereocenters. The van der Waals surface area contributed by atoms with E-state index in [-0.39, 0.29) is 30.9 Å². The van der Waals surface area contributed by atoms with E-state index in [1.165, 1.54) is 0 Å². The van der Waals surface area contributed by atoms with Gasteiger partial charge in [0.1, 0.15) is 5.75 Å². The molecule has 156 valence electrons. The predicted molar refractivity (Wildman–Crippen MR) is 116 cm³/mol. The molecule has 7 heteroatoms. The Kier molecular flexibility index (Phi) is 8.96. The summed E-state index contributed by atoms with van der Waals surface area (Å²) in [6.45, 7) is 4.60. The molecule has 2 aromatic carbocycles. The van der Waals surface area contributed by atoms with Crippen LogP contribution in [0.1, 0.15) is 31.9 Å². The number of amides is 2. The van der Waals surface area contributed by atoms with Gasteiger partial charge in [0.25, 0.3) is 0 Å². The molecule has 0 aliphatic heterocycles. The Hall–Kier alpha value is -2.57. The summed E-state index contributed by atoms with van der Waals surface area (Å²) in [5.41, 5.74) is 1.62. The second-order valence-electron chi connectivity index (χ2n) is 6.72. The molecular weight excluding hydrogens is 390 g/mol. The zero-order valence-corrected chi connectivity index (χ0v) is 17.8. The molecule has 0 aromatic heterocycles. The number of halogens is 1. The molecule has 2 amide bonds. The molecule has 6 nitrogen and oxygen atoms in total. The van der Waals surface area contributed by atoms with Crippen molar-refractivity contribution in [3.05, 3.63) is 59.1 Å². The first-order valence-corrected chi connectivity index (χ1v) is 10.0. The summed E-state index contributed by atoms with van der Waals surface area (Å²) < 4.78 is 5.25. The maximum Gasteiger partial charge on any atom is 0.244 e. The van der Waals surface area contributed by atoms with Crippen molar-refractivity contribution in [2.45, 2.75) is 26.3 Å². The third-order valence-electron chi connectivity index (χ3n) is 4.49. The number of methoxy groups -OCH3 is 1. The third kappa shape index (κ3) is 7.07. The van der Waals surface area contributed by atoms with Gasteiger partial charge in [-0.25, -0.2) is 0 Å². The summed E-state index contributed by atoms with van der Waals surface area (Å²) >= 11 is 5.92. The summed E-state index contributed by atoms with van der Waals surface area (Å²) in [6.07, 6.45) is 0.764. The molecule has 0 unspecified atom stereocenters. The maximum absolute atomic E-state index is 12.7. The molecule has 2 N–H and O–H groups in total. The van der Waals surface area contributed by atoms with Crippen LogP contribution in [0.3, 0.4) is 0 Å². The number of anilines is 1. The largest absolute Gasteiger partial charge is 0.495 e. The Balaban J connectivity index is 1.92. The lowest BCUT2D eigenvalue weighted by molar-refractivity contribution is -0.134. The topological polar surface area (TPSA) is 70.7 Å². The minimum Gasteiger partial charge on any atom is -0.495 e. The average molecular weight is 418 g/mol. The molecule has 0 aliphatic rings. The monoisotopic (exact) mass is 417 g/mol. The van der Waals surface area contributed by atoms with Crippen LogP contribution in [0, 0.1) is 0 Å². The van der Waals surface area contributed by atoms with Gasteiger partial charge in [-0.05, 0) is 43.2 Å². The van der Waals surface area contributed by atoms with Crippen LogP contribution in [0.2, 0.25) is 5.02 Å². The van der Waals surface area contributed by atoms with Gasteiger partial charge in [0.2, 0.25) is 11.8 Å². The van der Waals surface area contributed by atoms with Gasteiger partial charge in [-0.3, -0.25) is 9.59 Å². The predicted octanol–water partition coefficient (Wildman–Crippen LogP) is 3.88. The van der Waals surface area contributed by atoms with Crippen molar-refractivity contribution in [1.82, 2.24) is 10.2 Å². The van der Waals surface area contributed by atoms with Gasteiger partial charge >= 0.3 is 0 Å². The first-order chi connectivity index (χ1) is 13.9. The van der Waals surface area contributed by atoms with Crippen LogP contribution in [0.4, 0.5) is 5.69 Å². The molecule has 0 spiro atoms. The lowest BCUT2D eigenvalue weighted by Gasteiger charge is -2.23. The molecule has 2 rings (SSSR count). The molecule has 0 bridgehead atoms. The van der Waals surface area contributed by atoms with Crippen LogP contribution in [0.25, 0.3) is 0 Å². The van der Waals surface area contributed by atoms with Gasteiger partial charge < -0.3 is 20.3 Å². The molecule has 2 aromatic rings. The second-order valence-corrected chi connectivity index (χ2v) is 7.15. The molecular formula is C22H28ClN3O3. The van der Waals surface area contributed by atoms with Crippen molar-refractivity contribution < 1.29 is 14.3 Å². The van der Waals surface area contributed by atoms with E-state index < -0.39 is 0 Å². The average Bonchev–Trinajstić information content (AvgIpc) is 2.72. The zero-order chi connectivity index (χ0) is 21.2. The smallest absolute Gasteiger partial charge is 0.244 e. The number of carbonyl (C=O) groups excluding carboxylic acids is 2. The number of rotatable bonds is 10. The highest BCUT2D eigenvalue weighted by Gasteiger charge is 2.18. The Bertz CT molecular complexity index is 811. The highest BCUT2D eigenvalue weighted by atomic mass is 35.5. The molecule has 0 aliphatic carbocycles. The highest BCUT2D eigenvalue weighted by molar-refractivity contribution is 6.30. The minimum atomic E-state index is -0.262. The number of hydrogen-bond donors (Lipinski definition) is 2. The fourth-order valence-corrected chi connectivity index (χ4v) is 3.02. The molecule has 0 fully saturated rings. The molecule has 0 saturated carbocycles. The van der Waals surface area contributed by atoms with Gasteiger partial charge in [-0.15, -0.1) is 0 Å². The van der Waals surface area contributed by atoms with E-state index in [1.54, 1.807) is 24.1 Å². The summed E-state index contributed by atoms with van der Waals surface area (Å²) in [7, 11) is 1.55. The number of nitrogens with zero attached hydrogens (tertiary/aromatic N) is 1. The van der Waals surface area contributed by atoms with Crippen LogP contribution in [0.15, 0.2) is 48.5 Å². The lowest BCUT2D eigenvalue weighted by atomic mass is 10.1. The Morgan fingerprint density at radius 1 is 1.14 bits per heavy atom. The first kappa shape index (κ1) is 22.7. The number of carbonyl (C=O) groups is 2. The SMILES string of the molecule is CCCN(CC(=O)Nc1ccccc1OC)C(=O)CN[C@@H](C)c1ccc(Cl)cc1. The summed E-state index contributed by atoms with van der Waals surface area (Å²) in [5.74, 6) is 0.192. The van der Waals surface area contributed by atoms with E-state index in [0.29, 0.717) is 23.0 Å². The van der Waals surface area contributed by atoms with Crippen molar-refractivity contribution in [3.63, 3.8) is 0 Å². The summed E-state index contributed by atoms with van der Waals surface area (Å²) in [6, 6.07) is 14.7. The van der Waals surface area contributed by atoms with Gasteiger partial charge in [0.05, 0.1) is 25.9 Å². The lowest BCUT2D eigenvalue weighted by Crippen LogP contribution is -2.43. The highest BCUT2D eigenvalue weighted by Crippen LogP contribution is 2.22. The number of nitrogens with one attached hydrogen (secondary N) is 2. The minimum absolute atomic E-state index is 0.0119. The Labute approximate surface area is 177 Å². The fraction of sp³-hybridized carbons (Fsp3) is 0.364. The van der Waals surface area contributed by atoms with Gasteiger partial charge in [-0.1, -0.05) is 42.8 Å². The van der Waals surface area contributed by atoms with Crippen molar-refractivity contribution in [2.75, 3.05) is 32.1 Å². The van der Waals surface area contributed by atoms with E-state index >= 15 is 0 Å². The molecule has 0 radical (unpaired) electrons. The molecule has 0 saturated heterocycles. The van der Waals surface area contributed by atoms with Crippen LogP contribution < -0.4 is 15.4 Å². The number of hydrogen-bond acceptors (Lipinski definition) is 4. The van der Waals surface area contributed by atoms with Crippen molar-refractivity contribution in [3.8, 4) is 5.75 Å². The number of ether oxygens (including phenoxy) is 1. The number of benzene rings is 2. The second kappa shape index (κ2) is 11.4. The van der Waals surface area contributed by atoms with E-state index in [9.17, 15) is 9.59 Å². The van der Waals surface area contributed by atoms with Crippen molar-refractivity contribution in [1.29, 1.82) is 0 Å². The van der Waals surface area contributed by atoms with E-state index in [0.717, 1.165) is 12.0 Å². The van der Waals surface area contributed by atoms with E-state index in [1.807, 2.05) is 50.2 Å². The Morgan fingerprint density at radius 2 is 1.83 bits per heavy atom. The maximum atomic E-state index is 12.7. The van der Waals surface area contributed by atoms with Crippen LogP contribution in [0.5, 0.6) is 5.75 Å². The molecule has 29 heavy (non-hydrogen) atoms. The van der Waals surface area contributed by atoms with Gasteiger partial charge in [0.15, 0.2) is 0 Å².